The summed E-state index contributed by atoms with van der Waals surface area (Å²) in [5.74, 6) is 1.19. The van der Waals surface area contributed by atoms with Gasteiger partial charge in [0.2, 0.25) is 0 Å². The van der Waals surface area contributed by atoms with Gasteiger partial charge in [-0.2, -0.15) is 0 Å². The average Bonchev–Trinajstić information content (AvgIpc) is 3.21. The molecular formula is C25H23ClN4O2S. The highest BCUT2D eigenvalue weighted by Crippen LogP contribution is 2.26. The number of benzene rings is 3. The van der Waals surface area contributed by atoms with Crippen LogP contribution in [0.4, 0.5) is 5.69 Å². The second-order valence-electron chi connectivity index (χ2n) is 7.56. The third-order valence-corrected chi connectivity index (χ3v) is 5.61. The third-order valence-electron chi connectivity index (χ3n) is 4.99. The van der Waals surface area contributed by atoms with Gasteiger partial charge in [-0.15, -0.1) is 0 Å². The predicted molar refractivity (Wildman–Crippen MR) is 137 cm³/mol. The number of thiocarbonyl (C=S) groups is 1. The fraction of sp³-hybridized carbons (Fsp3) is 0.160. The largest absolute Gasteiger partial charge is 0.494 e. The Bertz CT molecular complexity index is 1260. The number of aromatic nitrogens is 2. The van der Waals surface area contributed by atoms with Crippen LogP contribution in [0.5, 0.6) is 5.75 Å². The van der Waals surface area contributed by atoms with Gasteiger partial charge in [0.05, 0.1) is 17.6 Å². The average molecular weight is 479 g/mol. The molecule has 168 valence electrons. The molecule has 4 aromatic rings. The Morgan fingerprint density at radius 3 is 2.55 bits per heavy atom. The molecule has 0 spiro atoms. The summed E-state index contributed by atoms with van der Waals surface area (Å²) in [5.41, 5.74) is 4.92. The summed E-state index contributed by atoms with van der Waals surface area (Å²) in [6.07, 6.45) is 0.927. The van der Waals surface area contributed by atoms with Gasteiger partial charge in [0.1, 0.15) is 11.6 Å². The van der Waals surface area contributed by atoms with E-state index in [-0.39, 0.29) is 11.0 Å². The molecule has 1 heterocycles. The molecule has 0 aliphatic heterocycles. The molecule has 0 fully saturated rings. The fourth-order valence-corrected chi connectivity index (χ4v) is 3.62. The molecule has 3 aromatic carbocycles. The second-order valence-corrected chi connectivity index (χ2v) is 8.38. The number of H-pyrrole nitrogens is 1. The summed E-state index contributed by atoms with van der Waals surface area (Å²) in [6.45, 7) is 4.64. The number of anilines is 1. The topological polar surface area (TPSA) is 79.0 Å². The van der Waals surface area contributed by atoms with Crippen molar-refractivity contribution in [1.82, 2.24) is 15.3 Å². The maximum absolute atomic E-state index is 12.4. The van der Waals surface area contributed by atoms with Crippen molar-refractivity contribution >= 4 is 51.6 Å². The van der Waals surface area contributed by atoms with Crippen LogP contribution in [0.1, 0.15) is 29.3 Å². The molecule has 1 amide bonds. The highest BCUT2D eigenvalue weighted by molar-refractivity contribution is 7.80. The molecule has 0 atom stereocenters. The van der Waals surface area contributed by atoms with E-state index in [1.807, 2.05) is 50.2 Å². The smallest absolute Gasteiger partial charge is 0.257 e. The molecule has 4 rings (SSSR count). The first-order valence-electron chi connectivity index (χ1n) is 10.5. The number of hydrogen-bond donors (Lipinski definition) is 3. The number of hydrogen-bond acceptors (Lipinski definition) is 4. The third kappa shape index (κ3) is 5.50. The first-order chi connectivity index (χ1) is 15.9. The van der Waals surface area contributed by atoms with E-state index in [1.54, 1.807) is 24.3 Å². The van der Waals surface area contributed by atoms with Crippen LogP contribution in [0.3, 0.4) is 0 Å². The molecule has 0 aliphatic rings. The van der Waals surface area contributed by atoms with Crippen LogP contribution in [0.25, 0.3) is 22.4 Å². The lowest BCUT2D eigenvalue weighted by Crippen LogP contribution is -2.34. The first-order valence-corrected chi connectivity index (χ1v) is 11.3. The van der Waals surface area contributed by atoms with Crippen molar-refractivity contribution in [3.63, 3.8) is 0 Å². The van der Waals surface area contributed by atoms with E-state index in [9.17, 15) is 4.79 Å². The molecule has 0 aliphatic carbocycles. The normalized spacial score (nSPS) is 10.8. The van der Waals surface area contributed by atoms with Gasteiger partial charge in [0.25, 0.3) is 5.91 Å². The molecule has 0 unspecified atom stereocenters. The van der Waals surface area contributed by atoms with E-state index in [0.29, 0.717) is 17.2 Å². The van der Waals surface area contributed by atoms with Gasteiger partial charge in [0.15, 0.2) is 5.11 Å². The Balaban J connectivity index is 1.37. The molecule has 0 radical (unpaired) electrons. The number of carbonyl (C=O) groups excluding carboxylic acids is 1. The van der Waals surface area contributed by atoms with Crippen molar-refractivity contribution < 1.29 is 9.53 Å². The minimum absolute atomic E-state index is 0.216. The minimum Gasteiger partial charge on any atom is -0.494 e. The molecule has 8 heteroatoms. The Hall–Kier alpha value is -3.42. The number of carbonyl (C=O) groups is 1. The lowest BCUT2D eigenvalue weighted by Gasteiger charge is -2.10. The molecule has 0 saturated heterocycles. The van der Waals surface area contributed by atoms with E-state index in [1.165, 1.54) is 0 Å². The van der Waals surface area contributed by atoms with Gasteiger partial charge in [-0.25, -0.2) is 4.98 Å². The Kier molecular flexibility index (Phi) is 6.91. The van der Waals surface area contributed by atoms with Gasteiger partial charge >= 0.3 is 0 Å². The summed E-state index contributed by atoms with van der Waals surface area (Å²) in [4.78, 5) is 20.4. The monoisotopic (exact) mass is 478 g/mol. The number of imidazole rings is 1. The lowest BCUT2D eigenvalue weighted by molar-refractivity contribution is 0.0977. The van der Waals surface area contributed by atoms with Crippen molar-refractivity contribution in [1.29, 1.82) is 0 Å². The van der Waals surface area contributed by atoms with Crippen LogP contribution in [-0.2, 0) is 0 Å². The maximum Gasteiger partial charge on any atom is 0.257 e. The van der Waals surface area contributed by atoms with Crippen molar-refractivity contribution in [3.8, 4) is 17.1 Å². The number of fused-ring (bicyclic) bond motifs is 1. The van der Waals surface area contributed by atoms with Gasteiger partial charge < -0.3 is 15.0 Å². The number of nitrogens with zero attached hydrogens (tertiary/aromatic N) is 1. The predicted octanol–water partition coefficient (Wildman–Crippen LogP) is 6.11. The second kappa shape index (κ2) is 10.0. The molecule has 6 nitrogen and oxygen atoms in total. The Morgan fingerprint density at radius 1 is 1.12 bits per heavy atom. The van der Waals surface area contributed by atoms with Crippen LogP contribution < -0.4 is 15.4 Å². The Morgan fingerprint density at radius 2 is 1.85 bits per heavy atom. The number of rotatable bonds is 6. The Labute approximate surface area is 202 Å². The van der Waals surface area contributed by atoms with Crippen molar-refractivity contribution in [2.75, 3.05) is 11.9 Å². The van der Waals surface area contributed by atoms with E-state index in [4.69, 9.17) is 28.6 Å². The number of ether oxygens (including phenoxy) is 1. The molecular weight excluding hydrogens is 456 g/mol. The van der Waals surface area contributed by atoms with Crippen molar-refractivity contribution in [2.24, 2.45) is 0 Å². The number of amides is 1. The van der Waals surface area contributed by atoms with Crippen LogP contribution in [0.2, 0.25) is 5.02 Å². The maximum atomic E-state index is 12.4. The zero-order chi connectivity index (χ0) is 23.4. The van der Waals surface area contributed by atoms with Crippen LogP contribution in [-0.4, -0.2) is 27.6 Å². The summed E-state index contributed by atoms with van der Waals surface area (Å²) in [6, 6.07) is 18.4. The lowest BCUT2D eigenvalue weighted by atomic mass is 10.2. The van der Waals surface area contributed by atoms with Gasteiger partial charge in [0, 0.05) is 21.8 Å². The first kappa shape index (κ1) is 22.8. The summed E-state index contributed by atoms with van der Waals surface area (Å²) in [7, 11) is 0. The van der Waals surface area contributed by atoms with E-state index in [2.05, 4.69) is 20.6 Å². The number of nitrogens with one attached hydrogen (secondary N) is 3. The van der Waals surface area contributed by atoms with E-state index >= 15 is 0 Å². The summed E-state index contributed by atoms with van der Waals surface area (Å²) < 4.78 is 5.54. The quantitative estimate of drug-likeness (QED) is 0.291. The molecule has 0 saturated carbocycles. The highest BCUT2D eigenvalue weighted by atomic mass is 35.5. The van der Waals surface area contributed by atoms with Crippen molar-refractivity contribution in [2.45, 2.75) is 20.3 Å². The fourth-order valence-electron chi connectivity index (χ4n) is 3.25. The zero-order valence-corrected chi connectivity index (χ0v) is 19.8. The highest BCUT2D eigenvalue weighted by Gasteiger charge is 2.10. The SMILES string of the molecule is CCCOc1ccc(C(=O)NC(=S)Nc2ccc(-c3nc4cc(Cl)c(C)cc4[nH]3)cc2)cc1. The zero-order valence-electron chi connectivity index (χ0n) is 18.2. The number of aromatic amines is 1. The minimum atomic E-state index is -0.289. The van der Waals surface area contributed by atoms with Crippen molar-refractivity contribution in [3.05, 3.63) is 76.8 Å². The standard InChI is InChI=1S/C25H23ClN4O2S/c1-3-12-32-19-10-6-17(7-11-19)24(31)30-25(33)27-18-8-4-16(5-9-18)23-28-21-13-15(2)20(26)14-22(21)29-23/h4-11,13-14H,3,12H2,1-2H3,(H,28,29)(H2,27,30,31,33). The number of aryl methyl sites for hydroxylation is 1. The molecule has 3 N–H and O–H groups in total. The number of halogens is 1. The molecule has 1 aromatic heterocycles. The van der Waals surface area contributed by atoms with Gasteiger partial charge in [-0.05, 0) is 91.8 Å². The van der Waals surface area contributed by atoms with Crippen LogP contribution in [0.15, 0.2) is 60.7 Å². The van der Waals surface area contributed by atoms with Gasteiger partial charge in [-0.1, -0.05) is 18.5 Å². The summed E-state index contributed by atoms with van der Waals surface area (Å²) in [5, 5.41) is 6.63. The van der Waals surface area contributed by atoms with Crippen LogP contribution >= 0.6 is 23.8 Å². The summed E-state index contributed by atoms with van der Waals surface area (Å²) >= 11 is 11.5. The van der Waals surface area contributed by atoms with E-state index < -0.39 is 0 Å². The molecule has 0 bridgehead atoms. The van der Waals surface area contributed by atoms with Crippen LogP contribution in [0, 0.1) is 6.92 Å². The van der Waals surface area contributed by atoms with E-state index in [0.717, 1.165) is 45.8 Å². The van der Waals surface area contributed by atoms with Gasteiger partial charge in [-0.3, -0.25) is 10.1 Å². The molecule has 33 heavy (non-hydrogen) atoms.